The van der Waals surface area contributed by atoms with Gasteiger partial charge in [-0.2, -0.15) is 0 Å². The van der Waals surface area contributed by atoms with E-state index in [2.05, 4.69) is 15.6 Å². The number of benzene rings is 3. The number of halogens is 1. The van der Waals surface area contributed by atoms with Crippen LogP contribution in [0.1, 0.15) is 15.9 Å². The van der Waals surface area contributed by atoms with Gasteiger partial charge in [-0.15, -0.1) is 5.10 Å². The predicted molar refractivity (Wildman–Crippen MR) is 116 cm³/mol. The number of methoxy groups -OCH3 is 2. The van der Waals surface area contributed by atoms with Gasteiger partial charge < -0.3 is 14.8 Å². The van der Waals surface area contributed by atoms with Gasteiger partial charge in [0.25, 0.3) is 5.91 Å². The average Bonchev–Trinajstić information content (AvgIpc) is 3.16. The number of ether oxygens (including phenoxy) is 2. The molecule has 0 unspecified atom stereocenters. The molecule has 7 nitrogen and oxygen atoms in total. The maximum atomic E-state index is 12.6. The third-order valence-corrected chi connectivity index (χ3v) is 4.95. The standard InChI is InChI=1S/C22H19ClN4O3/c1-29-17-5-3-4-14(10-17)13-27-20-8-6-15(11-19(20)25-26-27)22(28)24-16-7-9-21(30-2)18(23)12-16/h3-12H,13H2,1-2H3,(H,24,28). The van der Waals surface area contributed by atoms with Crippen molar-refractivity contribution in [3.05, 3.63) is 76.8 Å². The number of nitrogens with zero attached hydrogens (tertiary/aromatic N) is 3. The van der Waals surface area contributed by atoms with Crippen LogP contribution in [0.5, 0.6) is 11.5 Å². The van der Waals surface area contributed by atoms with Gasteiger partial charge in [0.2, 0.25) is 0 Å². The van der Waals surface area contributed by atoms with E-state index in [4.69, 9.17) is 21.1 Å². The van der Waals surface area contributed by atoms with Crippen molar-refractivity contribution in [1.82, 2.24) is 15.0 Å². The summed E-state index contributed by atoms with van der Waals surface area (Å²) in [5.41, 5.74) is 3.56. The van der Waals surface area contributed by atoms with Crippen LogP contribution in [-0.4, -0.2) is 35.1 Å². The number of hydrogen-bond donors (Lipinski definition) is 1. The van der Waals surface area contributed by atoms with Gasteiger partial charge in [-0.3, -0.25) is 4.79 Å². The lowest BCUT2D eigenvalue weighted by atomic mass is 10.1. The molecule has 8 heteroatoms. The molecule has 0 aliphatic carbocycles. The molecule has 0 saturated heterocycles. The number of carbonyl (C=O) groups is 1. The van der Waals surface area contributed by atoms with Gasteiger partial charge in [0.05, 0.1) is 31.3 Å². The molecule has 3 aromatic carbocycles. The zero-order valence-corrected chi connectivity index (χ0v) is 17.2. The van der Waals surface area contributed by atoms with Gasteiger partial charge >= 0.3 is 0 Å². The first-order chi connectivity index (χ1) is 14.6. The van der Waals surface area contributed by atoms with E-state index >= 15 is 0 Å². The second-order valence-electron chi connectivity index (χ2n) is 6.61. The van der Waals surface area contributed by atoms with Crippen LogP contribution in [0, 0.1) is 0 Å². The SMILES string of the molecule is COc1cccc(Cn2nnc3cc(C(=O)Nc4ccc(OC)c(Cl)c4)ccc32)c1. The lowest BCUT2D eigenvalue weighted by molar-refractivity contribution is 0.102. The molecular formula is C22H19ClN4O3. The lowest BCUT2D eigenvalue weighted by Gasteiger charge is -2.08. The van der Waals surface area contributed by atoms with Gasteiger partial charge in [-0.25, -0.2) is 4.68 Å². The molecule has 1 aromatic heterocycles. The molecular weight excluding hydrogens is 404 g/mol. The molecule has 1 heterocycles. The highest BCUT2D eigenvalue weighted by Crippen LogP contribution is 2.27. The molecule has 0 radical (unpaired) electrons. The molecule has 0 bridgehead atoms. The number of rotatable bonds is 6. The minimum Gasteiger partial charge on any atom is -0.497 e. The first-order valence-electron chi connectivity index (χ1n) is 9.18. The van der Waals surface area contributed by atoms with E-state index in [0.29, 0.717) is 34.1 Å². The number of nitrogens with one attached hydrogen (secondary N) is 1. The highest BCUT2D eigenvalue weighted by Gasteiger charge is 2.12. The summed E-state index contributed by atoms with van der Waals surface area (Å²) in [5.74, 6) is 1.07. The second-order valence-corrected chi connectivity index (χ2v) is 7.01. The zero-order valence-electron chi connectivity index (χ0n) is 16.4. The quantitative estimate of drug-likeness (QED) is 0.498. The van der Waals surface area contributed by atoms with E-state index in [1.807, 2.05) is 30.3 Å². The van der Waals surface area contributed by atoms with Crippen molar-refractivity contribution in [3.8, 4) is 11.5 Å². The number of fused-ring (bicyclic) bond motifs is 1. The molecule has 4 aromatic rings. The Morgan fingerprint density at radius 1 is 1.07 bits per heavy atom. The van der Waals surface area contributed by atoms with E-state index in [1.54, 1.807) is 42.1 Å². The first-order valence-corrected chi connectivity index (χ1v) is 9.56. The molecule has 0 aliphatic heterocycles. The highest BCUT2D eigenvalue weighted by atomic mass is 35.5. The molecule has 0 aliphatic rings. The third kappa shape index (κ3) is 4.06. The Morgan fingerprint density at radius 3 is 2.70 bits per heavy atom. The Kier molecular flexibility index (Phi) is 5.54. The van der Waals surface area contributed by atoms with Crippen LogP contribution in [0.25, 0.3) is 11.0 Å². The monoisotopic (exact) mass is 422 g/mol. The topological polar surface area (TPSA) is 78.3 Å². The summed E-state index contributed by atoms with van der Waals surface area (Å²) in [5, 5.41) is 11.7. The van der Waals surface area contributed by atoms with Gasteiger partial charge in [0, 0.05) is 11.3 Å². The maximum absolute atomic E-state index is 12.6. The molecule has 0 atom stereocenters. The van der Waals surface area contributed by atoms with E-state index in [0.717, 1.165) is 16.8 Å². The molecule has 0 spiro atoms. The number of aromatic nitrogens is 3. The van der Waals surface area contributed by atoms with Crippen LogP contribution in [-0.2, 0) is 6.54 Å². The number of amides is 1. The minimum absolute atomic E-state index is 0.263. The van der Waals surface area contributed by atoms with Crippen LogP contribution in [0.4, 0.5) is 5.69 Å². The van der Waals surface area contributed by atoms with E-state index in [-0.39, 0.29) is 5.91 Å². The number of hydrogen-bond acceptors (Lipinski definition) is 5. The Hall–Kier alpha value is -3.58. The summed E-state index contributed by atoms with van der Waals surface area (Å²) in [4.78, 5) is 12.6. The molecule has 1 N–H and O–H groups in total. The Morgan fingerprint density at radius 2 is 1.93 bits per heavy atom. The van der Waals surface area contributed by atoms with Crippen molar-refractivity contribution in [1.29, 1.82) is 0 Å². The normalized spacial score (nSPS) is 10.8. The van der Waals surface area contributed by atoms with Gasteiger partial charge in [0.1, 0.15) is 17.0 Å². The number of anilines is 1. The highest BCUT2D eigenvalue weighted by molar-refractivity contribution is 6.32. The Labute approximate surface area is 178 Å². The van der Waals surface area contributed by atoms with E-state index < -0.39 is 0 Å². The minimum atomic E-state index is -0.263. The van der Waals surface area contributed by atoms with Crippen LogP contribution in [0.2, 0.25) is 5.02 Å². The van der Waals surface area contributed by atoms with Gasteiger partial charge in [-0.05, 0) is 54.1 Å². The third-order valence-electron chi connectivity index (χ3n) is 4.65. The van der Waals surface area contributed by atoms with Crippen molar-refractivity contribution in [2.75, 3.05) is 19.5 Å². The van der Waals surface area contributed by atoms with Crippen molar-refractivity contribution in [2.24, 2.45) is 0 Å². The van der Waals surface area contributed by atoms with Crippen LogP contribution >= 0.6 is 11.6 Å². The lowest BCUT2D eigenvalue weighted by Crippen LogP contribution is -2.11. The fraction of sp³-hybridized carbons (Fsp3) is 0.136. The summed E-state index contributed by atoms with van der Waals surface area (Å²) in [6, 6.07) is 18.1. The molecule has 0 saturated carbocycles. The van der Waals surface area contributed by atoms with Crippen LogP contribution in [0.15, 0.2) is 60.7 Å². The Balaban J connectivity index is 1.54. The van der Waals surface area contributed by atoms with Crippen molar-refractivity contribution in [3.63, 3.8) is 0 Å². The summed E-state index contributed by atoms with van der Waals surface area (Å²) >= 11 is 6.12. The molecule has 152 valence electrons. The molecule has 4 rings (SSSR count). The summed E-state index contributed by atoms with van der Waals surface area (Å²) in [6.07, 6.45) is 0. The van der Waals surface area contributed by atoms with Crippen LogP contribution in [0.3, 0.4) is 0 Å². The van der Waals surface area contributed by atoms with Crippen molar-refractivity contribution in [2.45, 2.75) is 6.54 Å². The van der Waals surface area contributed by atoms with Gasteiger partial charge in [-0.1, -0.05) is 28.9 Å². The van der Waals surface area contributed by atoms with E-state index in [9.17, 15) is 4.79 Å². The van der Waals surface area contributed by atoms with Crippen molar-refractivity contribution < 1.29 is 14.3 Å². The van der Waals surface area contributed by atoms with Gasteiger partial charge in [0.15, 0.2) is 0 Å². The molecule has 30 heavy (non-hydrogen) atoms. The molecule has 0 fully saturated rings. The molecule has 1 amide bonds. The maximum Gasteiger partial charge on any atom is 0.255 e. The largest absolute Gasteiger partial charge is 0.497 e. The predicted octanol–water partition coefficient (Wildman–Crippen LogP) is 4.40. The first kappa shape index (κ1) is 19.7. The summed E-state index contributed by atoms with van der Waals surface area (Å²) < 4.78 is 12.2. The summed E-state index contributed by atoms with van der Waals surface area (Å²) in [6.45, 7) is 0.545. The fourth-order valence-electron chi connectivity index (χ4n) is 3.12. The average molecular weight is 423 g/mol. The smallest absolute Gasteiger partial charge is 0.255 e. The zero-order chi connectivity index (χ0) is 21.1. The van der Waals surface area contributed by atoms with Crippen molar-refractivity contribution >= 4 is 34.2 Å². The Bertz CT molecular complexity index is 1220. The van der Waals surface area contributed by atoms with Crippen LogP contribution < -0.4 is 14.8 Å². The second kappa shape index (κ2) is 8.42. The summed E-state index contributed by atoms with van der Waals surface area (Å²) in [7, 11) is 3.17. The fourth-order valence-corrected chi connectivity index (χ4v) is 3.38. The number of carbonyl (C=O) groups excluding carboxylic acids is 1. The van der Waals surface area contributed by atoms with E-state index in [1.165, 1.54) is 7.11 Å².